The number of aryl methyl sites for hydroxylation is 1. The van der Waals surface area contributed by atoms with Gasteiger partial charge in [-0.15, -0.1) is 0 Å². The molecule has 0 spiro atoms. The summed E-state index contributed by atoms with van der Waals surface area (Å²) in [6.07, 6.45) is 0.821. The first kappa shape index (κ1) is 17.5. The van der Waals surface area contributed by atoms with Crippen LogP contribution in [0.1, 0.15) is 29.8 Å². The number of nitrogens with zero attached hydrogens (tertiary/aromatic N) is 4. The molecule has 3 unspecified atom stereocenters. The molecule has 28 heavy (non-hydrogen) atoms. The lowest BCUT2D eigenvalue weighted by molar-refractivity contribution is -0.0511. The third-order valence-electron chi connectivity index (χ3n) is 5.59. The van der Waals surface area contributed by atoms with Gasteiger partial charge in [0.1, 0.15) is 24.6 Å². The Morgan fingerprint density at radius 2 is 2.00 bits per heavy atom. The van der Waals surface area contributed by atoms with Crippen LogP contribution in [0.4, 0.5) is 5.82 Å². The maximum Gasteiger partial charge on any atom is 0.167 e. The van der Waals surface area contributed by atoms with Crippen molar-refractivity contribution in [3.05, 3.63) is 48.0 Å². The Morgan fingerprint density at radius 1 is 1.14 bits per heavy atom. The minimum absolute atomic E-state index is 0.147. The van der Waals surface area contributed by atoms with Crippen LogP contribution < -0.4 is 5.32 Å². The molecule has 0 amide bonds. The molecular weight excluding hydrogens is 362 g/mol. The first-order chi connectivity index (χ1) is 13.7. The molecule has 0 saturated carbocycles. The summed E-state index contributed by atoms with van der Waals surface area (Å²) in [7, 11) is 0. The van der Waals surface area contributed by atoms with E-state index in [9.17, 15) is 15.3 Å². The number of nitrogens with one attached hydrogen (secondary N) is 1. The smallest absolute Gasteiger partial charge is 0.167 e. The number of rotatable bonds is 4. The third kappa shape index (κ3) is 2.67. The first-order valence-corrected chi connectivity index (χ1v) is 9.31. The van der Waals surface area contributed by atoms with Gasteiger partial charge in [0.15, 0.2) is 23.2 Å². The number of benzene rings is 1. The molecule has 9 nitrogen and oxygen atoms in total. The first-order valence-electron chi connectivity index (χ1n) is 9.31. The highest BCUT2D eigenvalue weighted by Gasteiger charge is 2.44. The van der Waals surface area contributed by atoms with Crippen molar-refractivity contribution < 1.29 is 20.1 Å². The van der Waals surface area contributed by atoms with Crippen LogP contribution in [0.25, 0.3) is 11.2 Å². The van der Waals surface area contributed by atoms with Crippen LogP contribution in [0.5, 0.6) is 0 Å². The SMILES string of the molecule is OC[C@H]1OC(n2cnc3c(N[C@@H]4CCc5ccccc54)ncnc32)C(O)C1O. The summed E-state index contributed by atoms with van der Waals surface area (Å²) < 4.78 is 7.16. The number of fused-ring (bicyclic) bond motifs is 2. The fourth-order valence-electron chi connectivity index (χ4n) is 4.13. The summed E-state index contributed by atoms with van der Waals surface area (Å²) in [6.45, 7) is -0.385. The molecule has 9 heteroatoms. The van der Waals surface area contributed by atoms with Crippen LogP contribution in [-0.2, 0) is 11.2 Å². The molecule has 1 aromatic carbocycles. The van der Waals surface area contributed by atoms with Crippen LogP contribution in [-0.4, -0.2) is 59.8 Å². The van der Waals surface area contributed by atoms with Crippen LogP contribution in [0, 0.1) is 0 Å². The van der Waals surface area contributed by atoms with Crippen LogP contribution >= 0.6 is 0 Å². The molecule has 0 bridgehead atoms. The van der Waals surface area contributed by atoms with Gasteiger partial charge in [-0.3, -0.25) is 4.57 Å². The molecule has 0 radical (unpaired) electrons. The largest absolute Gasteiger partial charge is 0.394 e. The van der Waals surface area contributed by atoms with E-state index in [1.807, 2.05) is 12.1 Å². The zero-order valence-electron chi connectivity index (χ0n) is 15.0. The van der Waals surface area contributed by atoms with Crippen molar-refractivity contribution in [2.24, 2.45) is 0 Å². The predicted molar refractivity (Wildman–Crippen MR) is 99.5 cm³/mol. The van der Waals surface area contributed by atoms with Gasteiger partial charge in [0, 0.05) is 0 Å². The van der Waals surface area contributed by atoms with Crippen molar-refractivity contribution in [3.8, 4) is 0 Å². The molecular formula is C19H21N5O4. The number of anilines is 1. The van der Waals surface area contributed by atoms with Crippen LogP contribution in [0.3, 0.4) is 0 Å². The monoisotopic (exact) mass is 383 g/mol. The van der Waals surface area contributed by atoms with E-state index in [-0.39, 0.29) is 12.6 Å². The topological polar surface area (TPSA) is 126 Å². The fraction of sp³-hybridized carbons (Fsp3) is 0.421. The molecule has 1 aliphatic heterocycles. The highest BCUT2D eigenvalue weighted by atomic mass is 16.6. The van der Waals surface area contributed by atoms with Crippen LogP contribution in [0.15, 0.2) is 36.9 Å². The fourth-order valence-corrected chi connectivity index (χ4v) is 4.13. The van der Waals surface area contributed by atoms with Crippen molar-refractivity contribution in [2.75, 3.05) is 11.9 Å². The number of aliphatic hydroxyl groups excluding tert-OH is 3. The Hall–Kier alpha value is -2.59. The van der Waals surface area contributed by atoms with E-state index in [0.717, 1.165) is 12.8 Å². The number of hydrogen-bond donors (Lipinski definition) is 4. The van der Waals surface area contributed by atoms with E-state index in [1.54, 1.807) is 4.57 Å². The van der Waals surface area contributed by atoms with Crippen molar-refractivity contribution in [1.82, 2.24) is 19.5 Å². The minimum atomic E-state index is -1.19. The quantitative estimate of drug-likeness (QED) is 0.514. The second-order valence-electron chi connectivity index (χ2n) is 7.21. The van der Waals surface area contributed by atoms with Crippen LogP contribution in [0.2, 0.25) is 0 Å². The van der Waals surface area contributed by atoms with Gasteiger partial charge in [-0.2, -0.15) is 0 Å². The zero-order chi connectivity index (χ0) is 19.3. The number of imidazole rings is 1. The highest BCUT2D eigenvalue weighted by molar-refractivity contribution is 5.83. The Kier molecular flexibility index (Phi) is 4.24. The van der Waals surface area contributed by atoms with Gasteiger partial charge in [0.2, 0.25) is 0 Å². The van der Waals surface area contributed by atoms with Crippen molar-refractivity contribution >= 4 is 17.0 Å². The maximum atomic E-state index is 10.3. The van der Waals surface area contributed by atoms with Gasteiger partial charge in [0.05, 0.1) is 19.0 Å². The lowest BCUT2D eigenvalue weighted by Gasteiger charge is -2.17. The average molecular weight is 383 g/mol. The second kappa shape index (κ2) is 6.78. The number of aliphatic hydroxyl groups is 3. The molecule has 2 aromatic heterocycles. The molecule has 1 fully saturated rings. The molecule has 5 atom stereocenters. The highest BCUT2D eigenvalue weighted by Crippen LogP contribution is 2.36. The standard InChI is InChI=1S/C19H21N5O4/c25-7-13-15(26)16(27)19(28-13)24-9-22-14-17(20-8-21-18(14)24)23-12-6-5-10-3-1-2-4-11(10)12/h1-4,8-9,12-13,15-16,19,25-27H,5-7H2,(H,20,21,23)/t12-,13-,15?,16?,19?/m1/s1. The summed E-state index contributed by atoms with van der Waals surface area (Å²) in [5, 5.41) is 33.1. The van der Waals surface area contributed by atoms with E-state index in [4.69, 9.17) is 4.74 Å². The molecule has 5 rings (SSSR count). The summed E-state index contributed by atoms with van der Waals surface area (Å²) in [5.74, 6) is 0.609. The molecule has 1 saturated heterocycles. The van der Waals surface area contributed by atoms with E-state index < -0.39 is 24.5 Å². The van der Waals surface area contributed by atoms with E-state index in [0.29, 0.717) is 17.0 Å². The Morgan fingerprint density at radius 3 is 2.82 bits per heavy atom. The van der Waals surface area contributed by atoms with Gasteiger partial charge >= 0.3 is 0 Å². The summed E-state index contributed by atoms with van der Waals surface area (Å²) in [5.41, 5.74) is 3.64. The zero-order valence-corrected chi connectivity index (χ0v) is 15.0. The Bertz CT molecular complexity index is 1010. The molecule has 1 aliphatic carbocycles. The average Bonchev–Trinajstić information content (AvgIpc) is 3.40. The van der Waals surface area contributed by atoms with E-state index >= 15 is 0 Å². The number of hydrogen-bond acceptors (Lipinski definition) is 8. The molecule has 3 aromatic rings. The third-order valence-corrected chi connectivity index (χ3v) is 5.59. The van der Waals surface area contributed by atoms with E-state index in [1.165, 1.54) is 23.8 Å². The van der Waals surface area contributed by atoms with Gasteiger partial charge in [0.25, 0.3) is 0 Å². The molecule has 146 valence electrons. The summed E-state index contributed by atoms with van der Waals surface area (Å²) in [4.78, 5) is 13.1. The van der Waals surface area contributed by atoms with Crippen molar-refractivity contribution in [3.63, 3.8) is 0 Å². The van der Waals surface area contributed by atoms with Gasteiger partial charge in [-0.05, 0) is 24.0 Å². The lowest BCUT2D eigenvalue weighted by Crippen LogP contribution is -2.33. The van der Waals surface area contributed by atoms with Crippen molar-refractivity contribution in [1.29, 1.82) is 0 Å². The maximum absolute atomic E-state index is 10.3. The molecule has 2 aliphatic rings. The Balaban J connectivity index is 1.47. The normalized spacial score (nSPS) is 29.3. The lowest BCUT2D eigenvalue weighted by atomic mass is 10.1. The minimum Gasteiger partial charge on any atom is -0.394 e. The van der Waals surface area contributed by atoms with Gasteiger partial charge in [-0.25, -0.2) is 15.0 Å². The Labute approximate surface area is 160 Å². The van der Waals surface area contributed by atoms with Crippen molar-refractivity contribution in [2.45, 2.75) is 43.4 Å². The van der Waals surface area contributed by atoms with E-state index in [2.05, 4.69) is 32.4 Å². The van der Waals surface area contributed by atoms with Gasteiger partial charge in [-0.1, -0.05) is 24.3 Å². The molecule has 4 N–H and O–H groups in total. The molecule has 3 heterocycles. The second-order valence-corrected chi connectivity index (χ2v) is 7.21. The summed E-state index contributed by atoms with van der Waals surface area (Å²) in [6, 6.07) is 8.49. The predicted octanol–water partition coefficient (Wildman–Crippen LogP) is 0.537. The number of aromatic nitrogens is 4. The number of ether oxygens (including phenoxy) is 1. The van der Waals surface area contributed by atoms with Gasteiger partial charge < -0.3 is 25.4 Å². The summed E-state index contributed by atoms with van der Waals surface area (Å²) >= 11 is 0.